The number of nitrogens with one attached hydrogen (secondary N) is 1. The third kappa shape index (κ3) is 2.34. The predicted octanol–water partition coefficient (Wildman–Crippen LogP) is 1.62. The van der Waals surface area contributed by atoms with Gasteiger partial charge < -0.3 is 10.1 Å². The molecular weight excluding hydrogens is 178 g/mol. The molecule has 0 saturated heterocycles. The van der Waals surface area contributed by atoms with E-state index in [1.54, 1.807) is 0 Å². The number of hydrogen-bond acceptors (Lipinski definition) is 4. The van der Waals surface area contributed by atoms with Crippen LogP contribution >= 0.6 is 0 Å². The summed E-state index contributed by atoms with van der Waals surface area (Å²) in [5.41, 5.74) is 0. The second kappa shape index (κ2) is 3.82. The number of rotatable bonds is 4. The first-order chi connectivity index (χ1) is 6.78. The lowest BCUT2D eigenvalue weighted by Gasteiger charge is -2.06. The van der Waals surface area contributed by atoms with E-state index in [-0.39, 0.29) is 0 Å². The van der Waals surface area contributed by atoms with Gasteiger partial charge in [-0.25, -0.2) is 4.98 Å². The van der Waals surface area contributed by atoms with Gasteiger partial charge in [0.2, 0.25) is 5.88 Å². The zero-order valence-electron chi connectivity index (χ0n) is 8.58. The number of anilines is 1. The van der Waals surface area contributed by atoms with E-state index >= 15 is 0 Å². The van der Waals surface area contributed by atoms with Crippen molar-refractivity contribution in [2.45, 2.75) is 19.8 Å². The molecule has 0 spiro atoms. The molecule has 76 valence electrons. The molecule has 0 radical (unpaired) electrons. The first-order valence-corrected chi connectivity index (χ1v) is 4.94. The summed E-state index contributed by atoms with van der Waals surface area (Å²) in [5, 5.41) is 2.98. The van der Waals surface area contributed by atoms with Gasteiger partial charge in [0.1, 0.15) is 11.6 Å². The van der Waals surface area contributed by atoms with E-state index < -0.39 is 0 Å². The Hall–Kier alpha value is -1.32. The molecule has 0 amide bonds. The smallest absolute Gasteiger partial charge is 0.218 e. The Morgan fingerprint density at radius 1 is 1.50 bits per heavy atom. The van der Waals surface area contributed by atoms with Gasteiger partial charge in [-0.05, 0) is 25.7 Å². The molecule has 1 aliphatic carbocycles. The Bertz CT molecular complexity index is 323. The highest BCUT2D eigenvalue weighted by molar-refractivity contribution is 5.37. The summed E-state index contributed by atoms with van der Waals surface area (Å²) in [4.78, 5) is 8.40. The second-order valence-corrected chi connectivity index (χ2v) is 3.64. The highest BCUT2D eigenvalue weighted by Crippen LogP contribution is 2.29. The van der Waals surface area contributed by atoms with Gasteiger partial charge in [-0.1, -0.05) is 0 Å². The van der Waals surface area contributed by atoms with Crippen LogP contribution in [-0.2, 0) is 0 Å². The molecule has 0 atom stereocenters. The second-order valence-electron chi connectivity index (χ2n) is 3.64. The van der Waals surface area contributed by atoms with Crippen LogP contribution in [0.25, 0.3) is 0 Å². The van der Waals surface area contributed by atoms with Gasteiger partial charge in [-0.2, -0.15) is 4.98 Å². The van der Waals surface area contributed by atoms with Crippen LogP contribution in [-0.4, -0.2) is 23.6 Å². The number of aromatic nitrogens is 2. The van der Waals surface area contributed by atoms with Gasteiger partial charge >= 0.3 is 0 Å². The molecule has 0 aliphatic heterocycles. The summed E-state index contributed by atoms with van der Waals surface area (Å²) in [6.45, 7) is 2.66. The summed E-state index contributed by atoms with van der Waals surface area (Å²) in [6.07, 6.45) is 2.59. The van der Waals surface area contributed by atoms with E-state index in [0.717, 1.165) is 24.2 Å². The van der Waals surface area contributed by atoms with Crippen LogP contribution < -0.4 is 10.1 Å². The molecule has 1 N–H and O–H groups in total. The Labute approximate surface area is 83.7 Å². The molecule has 1 aliphatic rings. The van der Waals surface area contributed by atoms with Crippen LogP contribution in [0.3, 0.4) is 0 Å². The zero-order valence-corrected chi connectivity index (χ0v) is 8.58. The van der Waals surface area contributed by atoms with E-state index in [0.29, 0.717) is 5.88 Å². The van der Waals surface area contributed by atoms with Crippen molar-refractivity contribution in [3.8, 4) is 5.88 Å². The van der Waals surface area contributed by atoms with E-state index in [9.17, 15) is 0 Å². The fourth-order valence-corrected chi connectivity index (χ4v) is 1.23. The minimum atomic E-state index is 0.675. The summed E-state index contributed by atoms with van der Waals surface area (Å²) >= 11 is 0. The van der Waals surface area contributed by atoms with Gasteiger partial charge in [0, 0.05) is 13.1 Å². The largest absolute Gasteiger partial charge is 0.477 e. The van der Waals surface area contributed by atoms with Crippen molar-refractivity contribution in [3.63, 3.8) is 0 Å². The molecule has 4 nitrogen and oxygen atoms in total. The Kier molecular flexibility index (Phi) is 2.52. The summed E-state index contributed by atoms with van der Waals surface area (Å²) in [7, 11) is 1.84. The SMILES string of the molecule is CNc1cc(OCC2CC2)nc(C)n1. The van der Waals surface area contributed by atoms with Crippen molar-refractivity contribution in [1.29, 1.82) is 0 Å². The molecule has 1 aromatic heterocycles. The number of aryl methyl sites for hydroxylation is 1. The first kappa shape index (κ1) is 9.24. The molecular formula is C10H15N3O. The average Bonchev–Trinajstić information content (AvgIpc) is 2.97. The third-order valence-electron chi connectivity index (χ3n) is 2.23. The lowest BCUT2D eigenvalue weighted by atomic mass is 10.4. The molecule has 0 bridgehead atoms. The van der Waals surface area contributed by atoms with Crippen molar-refractivity contribution in [2.75, 3.05) is 19.0 Å². The summed E-state index contributed by atoms with van der Waals surface area (Å²) in [5.74, 6) is 2.98. The predicted molar refractivity (Wildman–Crippen MR) is 54.5 cm³/mol. The number of ether oxygens (including phenoxy) is 1. The van der Waals surface area contributed by atoms with Gasteiger partial charge in [0.15, 0.2) is 0 Å². The maximum atomic E-state index is 5.56. The van der Waals surface area contributed by atoms with E-state index in [2.05, 4.69) is 15.3 Å². The minimum Gasteiger partial charge on any atom is -0.477 e. The van der Waals surface area contributed by atoms with E-state index in [1.165, 1.54) is 12.8 Å². The molecule has 2 rings (SSSR count). The Morgan fingerprint density at radius 3 is 2.93 bits per heavy atom. The highest BCUT2D eigenvalue weighted by atomic mass is 16.5. The van der Waals surface area contributed by atoms with Crippen LogP contribution in [0.2, 0.25) is 0 Å². The monoisotopic (exact) mass is 193 g/mol. The number of hydrogen-bond donors (Lipinski definition) is 1. The Morgan fingerprint density at radius 2 is 2.29 bits per heavy atom. The normalized spacial score (nSPS) is 15.3. The van der Waals surface area contributed by atoms with Crippen LogP contribution in [0.5, 0.6) is 5.88 Å². The average molecular weight is 193 g/mol. The van der Waals surface area contributed by atoms with Crippen LogP contribution in [0.15, 0.2) is 6.07 Å². The Balaban J connectivity index is 2.03. The fourth-order valence-electron chi connectivity index (χ4n) is 1.23. The summed E-state index contributed by atoms with van der Waals surface area (Å²) in [6, 6.07) is 1.83. The highest BCUT2D eigenvalue weighted by Gasteiger charge is 2.22. The summed E-state index contributed by atoms with van der Waals surface area (Å²) < 4.78 is 5.56. The molecule has 14 heavy (non-hydrogen) atoms. The quantitative estimate of drug-likeness (QED) is 0.789. The van der Waals surface area contributed by atoms with E-state index in [1.807, 2.05) is 20.0 Å². The van der Waals surface area contributed by atoms with Crippen molar-refractivity contribution in [1.82, 2.24) is 9.97 Å². The molecule has 0 aromatic carbocycles. The third-order valence-corrected chi connectivity index (χ3v) is 2.23. The molecule has 0 unspecified atom stereocenters. The maximum absolute atomic E-state index is 5.56. The topological polar surface area (TPSA) is 47.0 Å². The van der Waals surface area contributed by atoms with Gasteiger partial charge in [-0.15, -0.1) is 0 Å². The van der Waals surface area contributed by atoms with E-state index in [4.69, 9.17) is 4.74 Å². The van der Waals surface area contributed by atoms with Crippen LogP contribution in [0, 0.1) is 12.8 Å². The van der Waals surface area contributed by atoms with Crippen LogP contribution in [0.4, 0.5) is 5.82 Å². The van der Waals surface area contributed by atoms with Gasteiger partial charge in [-0.3, -0.25) is 0 Å². The number of nitrogens with zero attached hydrogens (tertiary/aromatic N) is 2. The molecule has 1 heterocycles. The lowest BCUT2D eigenvalue weighted by molar-refractivity contribution is 0.287. The van der Waals surface area contributed by atoms with Gasteiger partial charge in [0.05, 0.1) is 6.61 Å². The molecule has 1 aromatic rings. The molecule has 1 saturated carbocycles. The van der Waals surface area contributed by atoms with Gasteiger partial charge in [0.25, 0.3) is 0 Å². The van der Waals surface area contributed by atoms with Crippen molar-refractivity contribution >= 4 is 5.82 Å². The standard InChI is InChI=1S/C10H15N3O/c1-7-12-9(11-2)5-10(13-7)14-6-8-3-4-8/h5,8H,3-4,6H2,1-2H3,(H,11,12,13). The van der Waals surface area contributed by atoms with Crippen molar-refractivity contribution in [2.24, 2.45) is 5.92 Å². The lowest BCUT2D eigenvalue weighted by Crippen LogP contribution is -2.04. The molecule has 4 heteroatoms. The maximum Gasteiger partial charge on any atom is 0.218 e. The van der Waals surface area contributed by atoms with Crippen molar-refractivity contribution < 1.29 is 4.74 Å². The first-order valence-electron chi connectivity index (χ1n) is 4.94. The zero-order chi connectivity index (χ0) is 9.97. The van der Waals surface area contributed by atoms with Crippen molar-refractivity contribution in [3.05, 3.63) is 11.9 Å². The fraction of sp³-hybridized carbons (Fsp3) is 0.600. The van der Waals surface area contributed by atoms with Crippen LogP contribution in [0.1, 0.15) is 18.7 Å². The molecule has 1 fully saturated rings. The minimum absolute atomic E-state index is 0.675.